The quantitative estimate of drug-likeness (QED) is 0.691. The zero-order valence-electron chi connectivity index (χ0n) is 15.1. The number of hydrogen-bond acceptors (Lipinski definition) is 6. The van der Waals surface area contributed by atoms with Crippen molar-refractivity contribution >= 4 is 23.1 Å². The first-order chi connectivity index (χ1) is 12.5. The molecular weight excluding hydrogens is 348 g/mol. The average molecular weight is 370 g/mol. The molecule has 1 N–H and O–H groups in total. The van der Waals surface area contributed by atoms with Gasteiger partial charge in [-0.05, 0) is 18.6 Å². The maximum Gasteiger partial charge on any atom is 0.253 e. The van der Waals surface area contributed by atoms with Crippen LogP contribution in [0.3, 0.4) is 0 Å². The fourth-order valence-corrected chi connectivity index (χ4v) is 3.32. The van der Waals surface area contributed by atoms with Gasteiger partial charge in [-0.3, -0.25) is 9.48 Å². The van der Waals surface area contributed by atoms with Crippen LogP contribution in [0.4, 0.5) is 5.82 Å². The van der Waals surface area contributed by atoms with Gasteiger partial charge in [0.2, 0.25) is 0 Å². The molecule has 0 aliphatic rings. The molecule has 3 heterocycles. The smallest absolute Gasteiger partial charge is 0.253 e. The maximum atomic E-state index is 12.3. The van der Waals surface area contributed by atoms with E-state index >= 15 is 0 Å². The van der Waals surface area contributed by atoms with Crippen LogP contribution in [0.1, 0.15) is 33.5 Å². The van der Waals surface area contributed by atoms with Crippen molar-refractivity contribution in [2.24, 2.45) is 7.05 Å². The minimum Gasteiger partial charge on any atom is -0.355 e. The SMILES string of the molecule is CCc1csc(CNC(=O)c2ccc(N(C)Cc3cnn(C)c3)nc2)n1. The molecule has 3 aromatic rings. The van der Waals surface area contributed by atoms with Crippen molar-refractivity contribution in [3.63, 3.8) is 0 Å². The number of nitrogens with zero attached hydrogens (tertiary/aromatic N) is 5. The van der Waals surface area contributed by atoms with E-state index in [1.807, 2.05) is 42.8 Å². The zero-order chi connectivity index (χ0) is 18.5. The van der Waals surface area contributed by atoms with Crippen molar-refractivity contribution in [3.8, 4) is 0 Å². The molecular formula is C18H22N6OS. The van der Waals surface area contributed by atoms with Crippen molar-refractivity contribution in [1.29, 1.82) is 0 Å². The third-order valence-electron chi connectivity index (χ3n) is 3.94. The molecule has 7 nitrogen and oxygen atoms in total. The Bertz CT molecular complexity index is 870. The molecule has 0 atom stereocenters. The highest BCUT2D eigenvalue weighted by Gasteiger charge is 2.10. The Labute approximate surface area is 156 Å². The van der Waals surface area contributed by atoms with Gasteiger partial charge >= 0.3 is 0 Å². The van der Waals surface area contributed by atoms with Crippen LogP contribution < -0.4 is 10.2 Å². The van der Waals surface area contributed by atoms with E-state index in [1.54, 1.807) is 28.3 Å². The lowest BCUT2D eigenvalue weighted by molar-refractivity contribution is 0.0950. The Morgan fingerprint density at radius 1 is 1.35 bits per heavy atom. The first-order valence-electron chi connectivity index (χ1n) is 8.41. The molecule has 0 aromatic carbocycles. The molecule has 0 saturated carbocycles. The Balaban J connectivity index is 1.56. The second-order valence-electron chi connectivity index (χ2n) is 6.05. The fourth-order valence-electron chi connectivity index (χ4n) is 2.51. The molecule has 3 aromatic heterocycles. The summed E-state index contributed by atoms with van der Waals surface area (Å²) in [6.07, 6.45) is 6.31. The van der Waals surface area contributed by atoms with E-state index in [-0.39, 0.29) is 5.91 Å². The second-order valence-corrected chi connectivity index (χ2v) is 6.99. The summed E-state index contributed by atoms with van der Waals surface area (Å²) >= 11 is 1.57. The van der Waals surface area contributed by atoms with E-state index in [0.29, 0.717) is 18.7 Å². The lowest BCUT2D eigenvalue weighted by Gasteiger charge is -2.17. The minimum absolute atomic E-state index is 0.146. The highest BCUT2D eigenvalue weighted by molar-refractivity contribution is 7.09. The van der Waals surface area contributed by atoms with Crippen molar-refractivity contribution < 1.29 is 4.79 Å². The molecule has 0 fully saturated rings. The van der Waals surface area contributed by atoms with Crippen LogP contribution in [0.15, 0.2) is 36.1 Å². The van der Waals surface area contributed by atoms with E-state index in [4.69, 9.17) is 0 Å². The Kier molecular flexibility index (Phi) is 5.62. The molecule has 0 saturated heterocycles. The highest BCUT2D eigenvalue weighted by atomic mass is 32.1. The Hall–Kier alpha value is -2.74. The lowest BCUT2D eigenvalue weighted by Crippen LogP contribution is -2.23. The number of amides is 1. The maximum absolute atomic E-state index is 12.3. The normalized spacial score (nSPS) is 10.7. The molecule has 0 aliphatic carbocycles. The molecule has 0 bridgehead atoms. The molecule has 136 valence electrons. The summed E-state index contributed by atoms with van der Waals surface area (Å²) in [6, 6.07) is 3.64. The summed E-state index contributed by atoms with van der Waals surface area (Å²) in [4.78, 5) is 23.1. The highest BCUT2D eigenvalue weighted by Crippen LogP contribution is 2.14. The molecule has 1 amide bonds. The van der Waals surface area contributed by atoms with Crippen LogP contribution in [0.25, 0.3) is 0 Å². The van der Waals surface area contributed by atoms with Crippen molar-refractivity contribution in [1.82, 2.24) is 25.1 Å². The fraction of sp³-hybridized carbons (Fsp3) is 0.333. The predicted molar refractivity (Wildman–Crippen MR) is 102 cm³/mol. The summed E-state index contributed by atoms with van der Waals surface area (Å²) in [5, 5.41) is 9.99. The topological polar surface area (TPSA) is 75.9 Å². The van der Waals surface area contributed by atoms with Crippen LogP contribution in [0.5, 0.6) is 0 Å². The summed E-state index contributed by atoms with van der Waals surface area (Å²) < 4.78 is 1.77. The van der Waals surface area contributed by atoms with Gasteiger partial charge in [-0.1, -0.05) is 6.92 Å². The molecule has 0 radical (unpaired) electrons. The number of aryl methyl sites for hydroxylation is 2. The first-order valence-corrected chi connectivity index (χ1v) is 9.29. The van der Waals surface area contributed by atoms with Crippen LogP contribution >= 0.6 is 11.3 Å². The molecule has 3 rings (SSSR count). The number of carbonyl (C=O) groups excluding carboxylic acids is 1. The predicted octanol–water partition coefficient (Wildman–Crippen LogP) is 2.40. The van der Waals surface area contributed by atoms with Gasteiger partial charge in [0.25, 0.3) is 5.91 Å². The van der Waals surface area contributed by atoms with Crippen molar-refractivity contribution in [2.75, 3.05) is 11.9 Å². The van der Waals surface area contributed by atoms with Gasteiger partial charge in [0.15, 0.2) is 0 Å². The van der Waals surface area contributed by atoms with Crippen LogP contribution in [-0.4, -0.2) is 32.7 Å². The van der Waals surface area contributed by atoms with Crippen LogP contribution in [0, 0.1) is 0 Å². The van der Waals surface area contributed by atoms with Crippen LogP contribution in [0.2, 0.25) is 0 Å². The van der Waals surface area contributed by atoms with E-state index in [0.717, 1.165) is 28.5 Å². The van der Waals surface area contributed by atoms with Crippen LogP contribution in [-0.2, 0) is 26.6 Å². The number of rotatable bonds is 7. The van der Waals surface area contributed by atoms with Gasteiger partial charge in [0.05, 0.1) is 24.0 Å². The lowest BCUT2D eigenvalue weighted by atomic mass is 10.2. The molecule has 26 heavy (non-hydrogen) atoms. The van der Waals surface area contributed by atoms with E-state index in [2.05, 4.69) is 27.3 Å². The van der Waals surface area contributed by atoms with Gasteiger partial charge in [-0.25, -0.2) is 9.97 Å². The number of thiazole rings is 1. The van der Waals surface area contributed by atoms with Gasteiger partial charge in [-0.2, -0.15) is 5.10 Å². The zero-order valence-corrected chi connectivity index (χ0v) is 16.0. The largest absolute Gasteiger partial charge is 0.355 e. The monoisotopic (exact) mass is 370 g/mol. The standard InChI is InChI=1S/C18H22N6OS/c1-4-15-12-26-17(22-15)9-20-18(25)14-5-6-16(19-8-14)23(2)10-13-7-21-24(3)11-13/h5-8,11-12H,4,9-10H2,1-3H3,(H,20,25). The number of carbonyl (C=O) groups is 1. The van der Waals surface area contributed by atoms with Gasteiger partial charge < -0.3 is 10.2 Å². The summed E-state index contributed by atoms with van der Waals surface area (Å²) in [5.74, 6) is 0.658. The van der Waals surface area contributed by atoms with Gasteiger partial charge in [0, 0.05) is 44.0 Å². The number of anilines is 1. The van der Waals surface area contributed by atoms with E-state index < -0.39 is 0 Å². The number of nitrogens with one attached hydrogen (secondary N) is 1. The van der Waals surface area contributed by atoms with E-state index in [9.17, 15) is 4.79 Å². The number of aromatic nitrogens is 4. The summed E-state index contributed by atoms with van der Waals surface area (Å²) in [5.41, 5.74) is 2.70. The van der Waals surface area contributed by atoms with Gasteiger partial charge in [-0.15, -0.1) is 11.3 Å². The molecule has 0 aliphatic heterocycles. The second kappa shape index (κ2) is 8.09. The summed E-state index contributed by atoms with van der Waals surface area (Å²) in [7, 11) is 3.85. The minimum atomic E-state index is -0.146. The van der Waals surface area contributed by atoms with Crippen molar-refractivity contribution in [2.45, 2.75) is 26.4 Å². The van der Waals surface area contributed by atoms with Crippen molar-refractivity contribution in [3.05, 3.63) is 57.9 Å². The third kappa shape index (κ3) is 4.45. The Morgan fingerprint density at radius 2 is 2.19 bits per heavy atom. The molecule has 0 unspecified atom stereocenters. The third-order valence-corrected chi connectivity index (χ3v) is 4.84. The van der Waals surface area contributed by atoms with Gasteiger partial charge in [0.1, 0.15) is 10.8 Å². The first kappa shape index (κ1) is 18.1. The number of pyridine rings is 1. The van der Waals surface area contributed by atoms with E-state index in [1.165, 1.54) is 0 Å². The molecule has 8 heteroatoms. The number of hydrogen-bond donors (Lipinski definition) is 1. The summed E-state index contributed by atoms with van der Waals surface area (Å²) in [6.45, 7) is 3.21. The average Bonchev–Trinajstić information content (AvgIpc) is 3.28. The molecule has 0 spiro atoms. The Morgan fingerprint density at radius 3 is 2.81 bits per heavy atom.